The number of piperidine rings is 1. The van der Waals surface area contributed by atoms with Crippen molar-refractivity contribution >= 4 is 5.78 Å². The van der Waals surface area contributed by atoms with Gasteiger partial charge in [-0.05, 0) is 87.5 Å². The number of nitrogens with zero attached hydrogens (tertiary/aromatic N) is 1. The molecular formula is C26H30F3NO3. The number of alkyl halides is 1. The zero-order chi connectivity index (χ0) is 23.6. The number of Topliss-reactive ketones (excluding diaryl/α,β-unsaturated/α-hetero) is 1. The second kappa shape index (κ2) is 9.75. The Bertz CT molecular complexity index is 1020. The van der Waals surface area contributed by atoms with Gasteiger partial charge >= 0.3 is 0 Å². The fraction of sp³-hybridized carbons (Fsp3) is 0.500. The van der Waals surface area contributed by atoms with Crippen LogP contribution in [0.25, 0.3) is 0 Å². The summed E-state index contributed by atoms with van der Waals surface area (Å²) in [4.78, 5) is 15.2. The van der Waals surface area contributed by atoms with Crippen molar-refractivity contribution in [2.75, 3.05) is 26.3 Å². The Kier molecular flexibility index (Phi) is 6.98. The Hall–Kier alpha value is -2.54. The molecule has 1 saturated heterocycles. The fourth-order valence-electron chi connectivity index (χ4n) is 4.99. The van der Waals surface area contributed by atoms with Crippen LogP contribution in [-0.4, -0.2) is 42.7 Å². The Morgan fingerprint density at radius 1 is 1.00 bits per heavy atom. The molecule has 2 aliphatic rings. The first-order chi connectivity index (χ1) is 15.8. The molecule has 2 aromatic rings. The van der Waals surface area contributed by atoms with E-state index in [1.165, 1.54) is 6.07 Å². The molecule has 178 valence electrons. The summed E-state index contributed by atoms with van der Waals surface area (Å²) >= 11 is 0. The van der Waals surface area contributed by atoms with Gasteiger partial charge in [0.1, 0.15) is 0 Å². The molecule has 0 N–H and O–H groups in total. The third-order valence-corrected chi connectivity index (χ3v) is 6.60. The van der Waals surface area contributed by atoms with Gasteiger partial charge in [0, 0.05) is 18.5 Å². The maximum Gasteiger partial charge on any atom is 0.200 e. The average molecular weight is 462 g/mol. The monoisotopic (exact) mass is 461 g/mol. The first-order valence-corrected chi connectivity index (χ1v) is 11.7. The van der Waals surface area contributed by atoms with Crippen molar-refractivity contribution in [3.63, 3.8) is 0 Å². The van der Waals surface area contributed by atoms with Crippen LogP contribution in [0.3, 0.4) is 0 Å². The third-order valence-electron chi connectivity index (χ3n) is 6.60. The van der Waals surface area contributed by atoms with Crippen LogP contribution in [-0.2, 0) is 13.0 Å². The summed E-state index contributed by atoms with van der Waals surface area (Å²) in [5.41, 5.74) is -0.139. The predicted molar refractivity (Wildman–Crippen MR) is 120 cm³/mol. The van der Waals surface area contributed by atoms with E-state index in [1.807, 2.05) is 13.8 Å². The number of hydrogen-bond acceptors (Lipinski definition) is 4. The molecule has 2 aromatic carbocycles. The number of likely N-dealkylation sites (tertiary alicyclic amines) is 1. The summed E-state index contributed by atoms with van der Waals surface area (Å²) in [7, 11) is 0. The van der Waals surface area contributed by atoms with Crippen molar-refractivity contribution < 1.29 is 27.4 Å². The van der Waals surface area contributed by atoms with Gasteiger partial charge in [0.2, 0.25) is 5.78 Å². The molecular weight excluding hydrogens is 431 g/mol. The van der Waals surface area contributed by atoms with Crippen molar-refractivity contribution in [2.45, 2.75) is 51.7 Å². The Balaban J connectivity index is 1.38. The van der Waals surface area contributed by atoms with E-state index in [4.69, 9.17) is 9.47 Å². The third kappa shape index (κ3) is 5.03. The van der Waals surface area contributed by atoms with Gasteiger partial charge in [-0.3, -0.25) is 9.69 Å². The highest BCUT2D eigenvalue weighted by Crippen LogP contribution is 2.43. The first-order valence-electron chi connectivity index (χ1n) is 11.7. The maximum atomic E-state index is 15.9. The molecule has 1 fully saturated rings. The number of carbonyl (C=O) groups is 1. The van der Waals surface area contributed by atoms with Crippen LogP contribution in [0.2, 0.25) is 0 Å². The van der Waals surface area contributed by atoms with Crippen molar-refractivity contribution in [2.24, 2.45) is 5.92 Å². The number of benzene rings is 2. The predicted octanol–water partition coefficient (Wildman–Crippen LogP) is 5.51. The number of fused-ring (bicyclic) bond motifs is 1. The Labute approximate surface area is 192 Å². The van der Waals surface area contributed by atoms with E-state index in [9.17, 15) is 13.6 Å². The lowest BCUT2D eigenvalue weighted by Gasteiger charge is -2.34. The molecule has 1 unspecified atom stereocenters. The van der Waals surface area contributed by atoms with Crippen LogP contribution in [0.1, 0.15) is 54.6 Å². The van der Waals surface area contributed by atoms with Crippen molar-refractivity contribution in [3.05, 3.63) is 58.7 Å². The van der Waals surface area contributed by atoms with Gasteiger partial charge in [-0.25, -0.2) is 13.2 Å². The van der Waals surface area contributed by atoms with Crippen molar-refractivity contribution in [3.8, 4) is 11.5 Å². The molecule has 1 aliphatic carbocycles. The quantitative estimate of drug-likeness (QED) is 0.520. The lowest BCUT2D eigenvalue weighted by molar-refractivity contribution is 0.0587. The molecule has 4 rings (SSSR count). The lowest BCUT2D eigenvalue weighted by atomic mass is 9.83. The summed E-state index contributed by atoms with van der Waals surface area (Å²) in [5, 5.41) is 0. The second-order valence-corrected chi connectivity index (χ2v) is 8.97. The number of ketones is 1. The van der Waals surface area contributed by atoms with E-state index in [2.05, 4.69) is 4.90 Å². The largest absolute Gasteiger partial charge is 0.490 e. The van der Waals surface area contributed by atoms with E-state index >= 15 is 4.39 Å². The molecule has 1 heterocycles. The van der Waals surface area contributed by atoms with Crippen molar-refractivity contribution in [1.82, 2.24) is 4.90 Å². The fourth-order valence-corrected chi connectivity index (χ4v) is 4.99. The van der Waals surface area contributed by atoms with Gasteiger partial charge in [-0.15, -0.1) is 0 Å². The smallest absolute Gasteiger partial charge is 0.200 e. The standard InChI is InChI=1S/C26H30F3NO3/c1-3-32-23-12-19-15-26(29,25(31)20(19)13-24(23)33-4-2)14-17-7-9-30(10-8-17)16-18-5-6-21(27)22(28)11-18/h5-6,11-13,17H,3-4,7-10,14-16H2,1-2H3. The van der Waals surface area contributed by atoms with Gasteiger partial charge in [-0.1, -0.05) is 6.07 Å². The molecule has 0 radical (unpaired) electrons. The van der Waals surface area contributed by atoms with Gasteiger partial charge < -0.3 is 9.47 Å². The molecule has 0 saturated carbocycles. The number of hydrogen-bond donors (Lipinski definition) is 0. The number of halogens is 3. The zero-order valence-corrected chi connectivity index (χ0v) is 19.1. The minimum Gasteiger partial charge on any atom is -0.490 e. The van der Waals surface area contributed by atoms with E-state index in [-0.39, 0.29) is 18.8 Å². The molecule has 1 atom stereocenters. The van der Waals surface area contributed by atoms with Gasteiger partial charge in [0.05, 0.1) is 13.2 Å². The van der Waals surface area contributed by atoms with Crippen LogP contribution < -0.4 is 9.47 Å². The van der Waals surface area contributed by atoms with E-state index < -0.39 is 23.1 Å². The second-order valence-electron chi connectivity index (χ2n) is 8.97. The first kappa shape index (κ1) is 23.6. The van der Waals surface area contributed by atoms with Crippen molar-refractivity contribution in [1.29, 1.82) is 0 Å². The summed E-state index contributed by atoms with van der Waals surface area (Å²) < 4.78 is 53.8. The summed E-state index contributed by atoms with van der Waals surface area (Å²) in [6.45, 7) is 6.58. The Morgan fingerprint density at radius 3 is 2.30 bits per heavy atom. The zero-order valence-electron chi connectivity index (χ0n) is 19.1. The van der Waals surface area contributed by atoms with Gasteiger partial charge in [0.15, 0.2) is 28.8 Å². The minimum atomic E-state index is -1.91. The van der Waals surface area contributed by atoms with Crippen LogP contribution in [0.15, 0.2) is 30.3 Å². The summed E-state index contributed by atoms with van der Waals surface area (Å²) in [6.07, 6.45) is 1.76. The van der Waals surface area contributed by atoms with Crippen LogP contribution in [0, 0.1) is 17.6 Å². The molecule has 0 aromatic heterocycles. The molecule has 33 heavy (non-hydrogen) atoms. The molecule has 0 spiro atoms. The van der Waals surface area contributed by atoms with E-state index in [0.717, 1.165) is 32.0 Å². The normalized spacial score (nSPS) is 21.3. The summed E-state index contributed by atoms with van der Waals surface area (Å²) in [5.74, 6) is -1.06. The average Bonchev–Trinajstić information content (AvgIpc) is 3.02. The van der Waals surface area contributed by atoms with Crippen LogP contribution in [0.4, 0.5) is 13.2 Å². The molecule has 1 aliphatic heterocycles. The maximum absolute atomic E-state index is 15.9. The topological polar surface area (TPSA) is 38.8 Å². The molecule has 0 bridgehead atoms. The van der Waals surface area contributed by atoms with Gasteiger partial charge in [0.25, 0.3) is 0 Å². The van der Waals surface area contributed by atoms with Crippen LogP contribution >= 0.6 is 0 Å². The SMILES string of the molecule is CCOc1cc2c(cc1OCC)C(=O)C(F)(CC1CCN(Cc3ccc(F)c(F)c3)CC1)C2. The van der Waals surface area contributed by atoms with E-state index in [1.54, 1.807) is 18.2 Å². The number of ether oxygens (including phenoxy) is 2. The van der Waals surface area contributed by atoms with Crippen LogP contribution in [0.5, 0.6) is 11.5 Å². The molecule has 4 nitrogen and oxygen atoms in total. The number of carbonyl (C=O) groups excluding carboxylic acids is 1. The van der Waals surface area contributed by atoms with E-state index in [0.29, 0.717) is 47.9 Å². The highest BCUT2D eigenvalue weighted by molar-refractivity contribution is 6.07. The van der Waals surface area contributed by atoms with Gasteiger partial charge in [-0.2, -0.15) is 0 Å². The summed E-state index contributed by atoms with van der Waals surface area (Å²) in [6, 6.07) is 7.31. The lowest BCUT2D eigenvalue weighted by Crippen LogP contribution is -2.38. The minimum absolute atomic E-state index is 0.0583. The highest BCUT2D eigenvalue weighted by Gasteiger charge is 2.48. The molecule has 7 heteroatoms. The Morgan fingerprint density at radius 2 is 1.67 bits per heavy atom. The number of rotatable bonds is 8. The molecule has 0 amide bonds. The highest BCUT2D eigenvalue weighted by atomic mass is 19.2.